The standard InChI is InChI=1S/C21H17F2N3O2/c1-12-6-8-14(9-7-12)15-11-24-18(10-13(15)2)25-21(28)26-20(27)19-16(22)4-3-5-17(19)23/h3-11H,1-2H3,(H2,24,25,26,27,28). The lowest BCUT2D eigenvalue weighted by Crippen LogP contribution is -2.35. The zero-order valence-corrected chi connectivity index (χ0v) is 15.2. The molecule has 3 rings (SSSR count). The van der Waals surface area contributed by atoms with Crippen molar-refractivity contribution in [2.45, 2.75) is 13.8 Å². The average Bonchev–Trinajstić information content (AvgIpc) is 2.62. The molecule has 0 atom stereocenters. The normalized spacial score (nSPS) is 10.4. The third-order valence-electron chi connectivity index (χ3n) is 4.13. The number of amides is 3. The summed E-state index contributed by atoms with van der Waals surface area (Å²) in [5.74, 6) is -3.09. The molecule has 0 aliphatic heterocycles. The summed E-state index contributed by atoms with van der Waals surface area (Å²) in [6, 6.07) is 11.6. The summed E-state index contributed by atoms with van der Waals surface area (Å²) < 4.78 is 27.2. The molecule has 7 heteroatoms. The van der Waals surface area contributed by atoms with Gasteiger partial charge in [-0.1, -0.05) is 35.9 Å². The topological polar surface area (TPSA) is 71.1 Å². The van der Waals surface area contributed by atoms with Crippen LogP contribution in [0.3, 0.4) is 0 Å². The summed E-state index contributed by atoms with van der Waals surface area (Å²) in [6.45, 7) is 3.86. The first-order valence-corrected chi connectivity index (χ1v) is 8.45. The second-order valence-electron chi connectivity index (χ2n) is 6.26. The summed E-state index contributed by atoms with van der Waals surface area (Å²) in [5.41, 5.74) is 3.06. The summed E-state index contributed by atoms with van der Waals surface area (Å²) in [5, 5.41) is 4.27. The van der Waals surface area contributed by atoms with Crippen LogP contribution in [0.15, 0.2) is 54.7 Å². The Balaban J connectivity index is 1.71. The molecule has 0 radical (unpaired) electrons. The summed E-state index contributed by atoms with van der Waals surface area (Å²) in [7, 11) is 0. The van der Waals surface area contributed by atoms with Crippen molar-refractivity contribution in [2.75, 3.05) is 5.32 Å². The first-order chi connectivity index (χ1) is 13.3. The van der Waals surface area contributed by atoms with Gasteiger partial charge in [-0.2, -0.15) is 0 Å². The van der Waals surface area contributed by atoms with E-state index in [1.807, 2.05) is 43.4 Å². The lowest BCUT2D eigenvalue weighted by atomic mass is 10.0. The second kappa shape index (κ2) is 7.96. The van der Waals surface area contributed by atoms with Crippen molar-refractivity contribution in [3.05, 3.63) is 83.1 Å². The van der Waals surface area contributed by atoms with E-state index < -0.39 is 29.1 Å². The van der Waals surface area contributed by atoms with E-state index in [4.69, 9.17) is 0 Å². The van der Waals surface area contributed by atoms with E-state index in [-0.39, 0.29) is 5.82 Å². The van der Waals surface area contributed by atoms with Crippen molar-refractivity contribution in [2.24, 2.45) is 0 Å². The number of rotatable bonds is 3. The number of nitrogens with one attached hydrogen (secondary N) is 2. The van der Waals surface area contributed by atoms with E-state index in [0.717, 1.165) is 40.5 Å². The van der Waals surface area contributed by atoms with Gasteiger partial charge in [0, 0.05) is 11.8 Å². The number of hydrogen-bond acceptors (Lipinski definition) is 3. The van der Waals surface area contributed by atoms with Crippen molar-refractivity contribution >= 4 is 17.8 Å². The van der Waals surface area contributed by atoms with Crippen LogP contribution < -0.4 is 10.6 Å². The van der Waals surface area contributed by atoms with Crippen LogP contribution in [0.1, 0.15) is 21.5 Å². The van der Waals surface area contributed by atoms with Gasteiger partial charge in [0.1, 0.15) is 23.0 Å². The molecule has 0 spiro atoms. The van der Waals surface area contributed by atoms with Crippen LogP contribution in [0.2, 0.25) is 0 Å². The van der Waals surface area contributed by atoms with Gasteiger partial charge in [-0.05, 0) is 43.2 Å². The van der Waals surface area contributed by atoms with E-state index >= 15 is 0 Å². The van der Waals surface area contributed by atoms with E-state index in [0.29, 0.717) is 0 Å². The molecule has 0 bridgehead atoms. The van der Waals surface area contributed by atoms with E-state index in [2.05, 4.69) is 10.3 Å². The van der Waals surface area contributed by atoms with Gasteiger partial charge in [0.2, 0.25) is 0 Å². The maximum atomic E-state index is 13.6. The number of hydrogen-bond donors (Lipinski definition) is 2. The Morgan fingerprint density at radius 1 is 0.964 bits per heavy atom. The number of aryl methyl sites for hydroxylation is 2. The van der Waals surface area contributed by atoms with Gasteiger partial charge >= 0.3 is 6.03 Å². The lowest BCUT2D eigenvalue weighted by Gasteiger charge is -2.10. The van der Waals surface area contributed by atoms with Gasteiger partial charge in [-0.15, -0.1) is 0 Å². The molecule has 28 heavy (non-hydrogen) atoms. The van der Waals surface area contributed by atoms with Crippen LogP contribution in [0, 0.1) is 25.5 Å². The summed E-state index contributed by atoms with van der Waals surface area (Å²) >= 11 is 0. The largest absolute Gasteiger partial charge is 0.327 e. The number of pyridine rings is 1. The molecule has 0 saturated heterocycles. The van der Waals surface area contributed by atoms with Crippen molar-refractivity contribution in [3.8, 4) is 11.1 Å². The van der Waals surface area contributed by atoms with Crippen molar-refractivity contribution in [1.82, 2.24) is 10.3 Å². The Hall–Kier alpha value is -3.61. The fraction of sp³-hybridized carbons (Fsp3) is 0.0952. The molecule has 5 nitrogen and oxygen atoms in total. The third-order valence-corrected chi connectivity index (χ3v) is 4.13. The Kier molecular flexibility index (Phi) is 5.44. The highest BCUT2D eigenvalue weighted by atomic mass is 19.1. The lowest BCUT2D eigenvalue weighted by molar-refractivity contribution is 0.0959. The van der Waals surface area contributed by atoms with Crippen LogP contribution in [0.5, 0.6) is 0 Å². The van der Waals surface area contributed by atoms with Crippen LogP contribution in [0.25, 0.3) is 11.1 Å². The molecule has 3 amide bonds. The third kappa shape index (κ3) is 4.20. The minimum absolute atomic E-state index is 0.202. The zero-order valence-electron chi connectivity index (χ0n) is 15.2. The molecule has 2 N–H and O–H groups in total. The number of urea groups is 1. The summed E-state index contributed by atoms with van der Waals surface area (Å²) in [6.07, 6.45) is 1.61. The Morgan fingerprint density at radius 3 is 2.21 bits per heavy atom. The summed E-state index contributed by atoms with van der Waals surface area (Å²) in [4.78, 5) is 28.1. The zero-order chi connectivity index (χ0) is 20.3. The van der Waals surface area contributed by atoms with Crippen LogP contribution in [0.4, 0.5) is 19.4 Å². The number of imide groups is 1. The Morgan fingerprint density at radius 2 is 1.61 bits per heavy atom. The molecular weight excluding hydrogens is 364 g/mol. The smallest absolute Gasteiger partial charge is 0.292 e. The SMILES string of the molecule is Cc1ccc(-c2cnc(NC(=O)NC(=O)c3c(F)cccc3F)cc2C)cc1. The van der Waals surface area contributed by atoms with E-state index in [9.17, 15) is 18.4 Å². The number of nitrogens with zero attached hydrogens (tertiary/aromatic N) is 1. The van der Waals surface area contributed by atoms with Gasteiger partial charge in [0.25, 0.3) is 5.91 Å². The molecule has 1 aromatic heterocycles. The van der Waals surface area contributed by atoms with Crippen molar-refractivity contribution < 1.29 is 18.4 Å². The molecule has 0 saturated carbocycles. The molecule has 2 aromatic carbocycles. The van der Waals surface area contributed by atoms with Crippen LogP contribution in [-0.4, -0.2) is 16.9 Å². The van der Waals surface area contributed by atoms with Gasteiger partial charge in [-0.3, -0.25) is 15.4 Å². The molecule has 0 aliphatic carbocycles. The number of benzene rings is 2. The van der Waals surface area contributed by atoms with Gasteiger partial charge in [0.15, 0.2) is 0 Å². The fourth-order valence-electron chi connectivity index (χ4n) is 2.69. The minimum Gasteiger partial charge on any atom is -0.292 e. The van der Waals surface area contributed by atoms with Gasteiger partial charge in [-0.25, -0.2) is 18.6 Å². The number of halogens is 2. The Labute approximate surface area is 160 Å². The highest BCUT2D eigenvalue weighted by Gasteiger charge is 2.19. The monoisotopic (exact) mass is 381 g/mol. The minimum atomic E-state index is -1.18. The van der Waals surface area contributed by atoms with Gasteiger partial charge < -0.3 is 0 Å². The highest BCUT2D eigenvalue weighted by Crippen LogP contribution is 2.24. The maximum absolute atomic E-state index is 13.6. The molecule has 0 unspecified atom stereocenters. The first kappa shape index (κ1) is 19.2. The van der Waals surface area contributed by atoms with Gasteiger partial charge in [0.05, 0.1) is 0 Å². The second-order valence-corrected chi connectivity index (χ2v) is 6.26. The predicted octanol–water partition coefficient (Wildman–Crippen LogP) is 4.61. The average molecular weight is 381 g/mol. The predicted molar refractivity (Wildman–Crippen MR) is 102 cm³/mol. The molecule has 1 heterocycles. The number of aromatic nitrogens is 1. The van der Waals surface area contributed by atoms with E-state index in [1.54, 1.807) is 12.3 Å². The van der Waals surface area contributed by atoms with Crippen LogP contribution >= 0.6 is 0 Å². The van der Waals surface area contributed by atoms with Crippen molar-refractivity contribution in [3.63, 3.8) is 0 Å². The molecule has 0 aliphatic rings. The molecule has 0 fully saturated rings. The Bertz CT molecular complexity index is 1030. The molecule has 142 valence electrons. The highest BCUT2D eigenvalue weighted by molar-refractivity contribution is 6.08. The van der Waals surface area contributed by atoms with E-state index in [1.165, 1.54) is 0 Å². The fourth-order valence-corrected chi connectivity index (χ4v) is 2.69. The quantitative estimate of drug-likeness (QED) is 0.696. The molecular formula is C21H17F2N3O2. The number of anilines is 1. The first-order valence-electron chi connectivity index (χ1n) is 8.45. The number of carbonyl (C=O) groups excluding carboxylic acids is 2. The maximum Gasteiger partial charge on any atom is 0.327 e. The van der Waals surface area contributed by atoms with Crippen LogP contribution in [-0.2, 0) is 0 Å². The van der Waals surface area contributed by atoms with Crippen molar-refractivity contribution in [1.29, 1.82) is 0 Å². The number of carbonyl (C=O) groups is 2. The molecule has 3 aromatic rings.